The molecule has 25 heavy (non-hydrogen) atoms. The van der Waals surface area contributed by atoms with Crippen LogP contribution in [0.3, 0.4) is 0 Å². The molecule has 132 valence electrons. The molecule has 2 aromatic rings. The third-order valence-corrected chi connectivity index (χ3v) is 6.10. The average molecular weight is 422 g/mol. The van der Waals surface area contributed by atoms with Gasteiger partial charge in [0, 0.05) is 17.6 Å². The number of hydrogen-bond acceptors (Lipinski definition) is 3. The van der Waals surface area contributed by atoms with E-state index in [9.17, 15) is 0 Å². The highest BCUT2D eigenvalue weighted by Gasteiger charge is 2.39. The van der Waals surface area contributed by atoms with Gasteiger partial charge in [-0.25, -0.2) is 0 Å². The average Bonchev–Trinajstić information content (AvgIpc) is 2.96. The molecule has 1 aliphatic heterocycles. The van der Waals surface area contributed by atoms with Gasteiger partial charge in [-0.2, -0.15) is 0 Å². The number of benzene rings is 2. The van der Waals surface area contributed by atoms with Crippen molar-refractivity contribution in [3.8, 4) is 5.75 Å². The summed E-state index contributed by atoms with van der Waals surface area (Å²) in [5.74, 6) is 0.831. The van der Waals surface area contributed by atoms with Crippen LogP contribution in [-0.2, 0) is 6.42 Å². The number of halogens is 2. The van der Waals surface area contributed by atoms with Gasteiger partial charge in [-0.1, -0.05) is 35.9 Å². The van der Waals surface area contributed by atoms with Crippen molar-refractivity contribution in [3.63, 3.8) is 0 Å². The number of nitrogens with two attached hydrogens (primary N) is 1. The largest absolute Gasteiger partial charge is 0.483 e. The highest BCUT2D eigenvalue weighted by molar-refractivity contribution is 9.10. The summed E-state index contributed by atoms with van der Waals surface area (Å²) in [6.07, 6.45) is 3.30. The zero-order chi connectivity index (χ0) is 17.4. The Labute approximate surface area is 162 Å². The lowest BCUT2D eigenvalue weighted by atomic mass is 10.0. The summed E-state index contributed by atoms with van der Waals surface area (Å²) in [6, 6.07) is 14.9. The number of likely N-dealkylation sites (tertiary alicyclic amines) is 1. The van der Waals surface area contributed by atoms with E-state index in [1.165, 1.54) is 11.1 Å². The van der Waals surface area contributed by atoms with Crippen LogP contribution < -0.4 is 10.5 Å². The van der Waals surface area contributed by atoms with Gasteiger partial charge >= 0.3 is 0 Å². The fourth-order valence-corrected chi connectivity index (χ4v) is 4.83. The van der Waals surface area contributed by atoms with E-state index in [1.54, 1.807) is 0 Å². The Morgan fingerprint density at radius 2 is 2.04 bits per heavy atom. The molecule has 2 aliphatic rings. The predicted molar refractivity (Wildman–Crippen MR) is 105 cm³/mol. The highest BCUT2D eigenvalue weighted by Crippen LogP contribution is 2.40. The third-order valence-electron chi connectivity index (χ3n) is 5.25. The maximum atomic E-state index is 6.50. The van der Waals surface area contributed by atoms with Gasteiger partial charge in [0.05, 0.1) is 10.5 Å². The molecule has 0 radical (unpaired) electrons. The van der Waals surface area contributed by atoms with Crippen LogP contribution >= 0.6 is 27.5 Å². The quantitative estimate of drug-likeness (QED) is 0.789. The summed E-state index contributed by atoms with van der Waals surface area (Å²) >= 11 is 9.65. The van der Waals surface area contributed by atoms with E-state index < -0.39 is 0 Å². The molecule has 1 saturated heterocycles. The minimum absolute atomic E-state index is 0.0129. The molecule has 1 aliphatic carbocycles. The van der Waals surface area contributed by atoms with E-state index in [-0.39, 0.29) is 12.1 Å². The van der Waals surface area contributed by atoms with Crippen LogP contribution in [0.2, 0.25) is 5.02 Å². The smallest absolute Gasteiger partial charge is 0.140 e. The highest BCUT2D eigenvalue weighted by atomic mass is 79.9. The van der Waals surface area contributed by atoms with Crippen molar-refractivity contribution in [2.45, 2.75) is 37.5 Å². The molecule has 0 bridgehead atoms. The molecule has 0 amide bonds. The first-order valence-corrected chi connectivity index (χ1v) is 9.98. The SMILES string of the molecule is N[C@@H]1CCCN([C@@H]2Cc3ccccc3[C@@H]2Oc2ccc(Cl)cc2Br)C1. The minimum Gasteiger partial charge on any atom is -0.483 e. The molecular formula is C20H22BrClN2O. The van der Waals surface area contributed by atoms with E-state index in [4.69, 9.17) is 22.1 Å². The second kappa shape index (κ2) is 7.28. The van der Waals surface area contributed by atoms with Gasteiger partial charge in [0.2, 0.25) is 0 Å². The number of rotatable bonds is 3. The summed E-state index contributed by atoms with van der Waals surface area (Å²) in [4.78, 5) is 2.52. The topological polar surface area (TPSA) is 38.5 Å². The van der Waals surface area contributed by atoms with E-state index in [0.29, 0.717) is 11.1 Å². The molecule has 0 spiro atoms. The van der Waals surface area contributed by atoms with E-state index in [0.717, 1.165) is 42.6 Å². The Morgan fingerprint density at radius 1 is 1.20 bits per heavy atom. The summed E-state index contributed by atoms with van der Waals surface area (Å²) in [5, 5.41) is 0.699. The zero-order valence-electron chi connectivity index (χ0n) is 14.0. The molecular weight excluding hydrogens is 400 g/mol. The molecule has 2 aromatic carbocycles. The number of hydrogen-bond donors (Lipinski definition) is 1. The third kappa shape index (κ3) is 3.59. The predicted octanol–water partition coefficient (Wildman–Crippen LogP) is 4.57. The maximum absolute atomic E-state index is 6.50. The van der Waals surface area contributed by atoms with Crippen molar-refractivity contribution in [1.82, 2.24) is 4.90 Å². The Hall–Kier alpha value is -1.07. The molecule has 1 fully saturated rings. The number of nitrogens with zero attached hydrogens (tertiary/aromatic N) is 1. The molecule has 3 atom stereocenters. The Morgan fingerprint density at radius 3 is 2.84 bits per heavy atom. The van der Waals surface area contributed by atoms with Crippen molar-refractivity contribution in [2.75, 3.05) is 13.1 Å². The molecule has 0 aromatic heterocycles. The lowest BCUT2D eigenvalue weighted by molar-refractivity contribution is 0.0589. The van der Waals surface area contributed by atoms with Crippen molar-refractivity contribution in [1.29, 1.82) is 0 Å². The van der Waals surface area contributed by atoms with Gasteiger partial charge in [0.25, 0.3) is 0 Å². The van der Waals surface area contributed by atoms with Gasteiger partial charge in [-0.05, 0) is 71.1 Å². The van der Waals surface area contributed by atoms with E-state index in [1.807, 2.05) is 18.2 Å². The molecule has 4 rings (SSSR count). The first kappa shape index (κ1) is 17.3. The second-order valence-electron chi connectivity index (χ2n) is 6.98. The summed E-state index contributed by atoms with van der Waals surface area (Å²) in [6.45, 7) is 2.04. The Balaban J connectivity index is 1.65. The van der Waals surface area contributed by atoms with E-state index >= 15 is 0 Å². The first-order valence-electron chi connectivity index (χ1n) is 8.81. The Kier molecular flexibility index (Phi) is 5.05. The normalized spacial score (nSPS) is 26.4. The molecule has 0 saturated carbocycles. The second-order valence-corrected chi connectivity index (χ2v) is 8.27. The summed E-state index contributed by atoms with van der Waals surface area (Å²) in [7, 11) is 0. The molecule has 2 N–H and O–H groups in total. The molecule has 3 nitrogen and oxygen atoms in total. The number of ether oxygens (including phenoxy) is 1. The summed E-state index contributed by atoms with van der Waals surface area (Å²) < 4.78 is 7.39. The molecule has 5 heteroatoms. The lowest BCUT2D eigenvalue weighted by Gasteiger charge is -2.38. The summed E-state index contributed by atoms with van der Waals surface area (Å²) in [5.41, 5.74) is 8.89. The van der Waals surface area contributed by atoms with Crippen LogP contribution in [0.15, 0.2) is 46.9 Å². The van der Waals surface area contributed by atoms with Crippen LogP contribution in [-0.4, -0.2) is 30.1 Å². The lowest BCUT2D eigenvalue weighted by Crippen LogP contribution is -2.49. The van der Waals surface area contributed by atoms with Crippen LogP contribution in [0.1, 0.15) is 30.1 Å². The fraction of sp³-hybridized carbons (Fsp3) is 0.400. The van der Waals surface area contributed by atoms with Gasteiger partial charge in [-0.15, -0.1) is 0 Å². The van der Waals surface area contributed by atoms with Crippen molar-refractivity contribution in [3.05, 3.63) is 63.1 Å². The van der Waals surface area contributed by atoms with E-state index in [2.05, 4.69) is 45.1 Å². The number of piperidine rings is 1. The van der Waals surface area contributed by atoms with Gasteiger partial charge in [-0.3, -0.25) is 4.90 Å². The van der Waals surface area contributed by atoms with Gasteiger partial charge in [0.1, 0.15) is 11.9 Å². The van der Waals surface area contributed by atoms with Crippen molar-refractivity contribution in [2.24, 2.45) is 5.73 Å². The minimum atomic E-state index is 0.0129. The zero-order valence-corrected chi connectivity index (χ0v) is 16.3. The fourth-order valence-electron chi connectivity index (χ4n) is 4.05. The van der Waals surface area contributed by atoms with Crippen molar-refractivity contribution < 1.29 is 4.74 Å². The van der Waals surface area contributed by atoms with Gasteiger partial charge in [0.15, 0.2) is 0 Å². The van der Waals surface area contributed by atoms with Crippen LogP contribution in [0.4, 0.5) is 0 Å². The van der Waals surface area contributed by atoms with Crippen LogP contribution in [0.25, 0.3) is 0 Å². The number of fused-ring (bicyclic) bond motifs is 1. The monoisotopic (exact) mass is 420 g/mol. The van der Waals surface area contributed by atoms with Crippen molar-refractivity contribution >= 4 is 27.5 Å². The Bertz CT molecular complexity index is 769. The maximum Gasteiger partial charge on any atom is 0.140 e. The van der Waals surface area contributed by atoms with Gasteiger partial charge < -0.3 is 10.5 Å². The first-order chi connectivity index (χ1) is 12.1. The van der Waals surface area contributed by atoms with Crippen LogP contribution in [0, 0.1) is 0 Å². The van der Waals surface area contributed by atoms with Crippen LogP contribution in [0.5, 0.6) is 5.75 Å². The molecule has 1 heterocycles. The molecule has 0 unspecified atom stereocenters. The standard InChI is InChI=1S/C20H22BrClN2O/c21-17-11-14(22)7-8-19(17)25-20-16-6-2-1-4-13(16)10-18(20)24-9-3-5-15(23)12-24/h1-2,4,6-8,11,15,18,20H,3,5,9-10,12,23H2/t15-,18-,20+/m1/s1.